The Morgan fingerprint density at radius 1 is 1.19 bits per heavy atom. The number of carbonyl (C=O) groups excluding carboxylic acids is 1. The quantitative estimate of drug-likeness (QED) is 0.587. The second-order valence-corrected chi connectivity index (χ2v) is 6.44. The van der Waals surface area contributed by atoms with Gasteiger partial charge in [0.1, 0.15) is 5.76 Å². The number of thioether (sulfide) groups is 1. The predicted molar refractivity (Wildman–Crippen MR) is 98.9 cm³/mol. The highest BCUT2D eigenvalue weighted by Crippen LogP contribution is 2.28. The molecule has 27 heavy (non-hydrogen) atoms. The minimum atomic E-state index is -0.144. The smallest absolute Gasteiger partial charge is 0.277 e. The molecule has 142 valence electrons. The van der Waals surface area contributed by atoms with E-state index in [4.69, 9.17) is 18.3 Å². The Morgan fingerprint density at radius 2 is 2.00 bits per heavy atom. The monoisotopic (exact) mass is 389 g/mol. The first kappa shape index (κ1) is 18.8. The van der Waals surface area contributed by atoms with Gasteiger partial charge in [0.15, 0.2) is 11.5 Å². The lowest BCUT2D eigenvalue weighted by Gasteiger charge is -2.10. The van der Waals surface area contributed by atoms with Gasteiger partial charge in [0.05, 0.1) is 31.8 Å². The van der Waals surface area contributed by atoms with Crippen molar-refractivity contribution in [2.24, 2.45) is 0 Å². The molecule has 3 aromatic rings. The number of benzene rings is 1. The molecule has 1 N–H and O–H groups in total. The van der Waals surface area contributed by atoms with E-state index in [-0.39, 0.29) is 11.7 Å². The maximum Gasteiger partial charge on any atom is 0.277 e. The van der Waals surface area contributed by atoms with E-state index in [1.807, 2.05) is 19.1 Å². The zero-order valence-corrected chi connectivity index (χ0v) is 16.0. The van der Waals surface area contributed by atoms with Crippen molar-refractivity contribution >= 4 is 17.7 Å². The van der Waals surface area contributed by atoms with Gasteiger partial charge < -0.3 is 23.6 Å². The number of hydrogen-bond acceptors (Lipinski definition) is 8. The van der Waals surface area contributed by atoms with Crippen LogP contribution in [0.2, 0.25) is 0 Å². The molecule has 1 aromatic carbocycles. The van der Waals surface area contributed by atoms with Gasteiger partial charge in [0.2, 0.25) is 5.91 Å². The standard InChI is InChI=1S/C18H19N3O5S/c1-11-13(6-7-25-11)17-20-21-18(26-17)27-10-16(22)19-9-12-4-5-14(23-2)15(8-12)24-3/h4-8H,9-10H2,1-3H3,(H,19,22). The number of methoxy groups -OCH3 is 2. The molecule has 3 rings (SSSR count). The largest absolute Gasteiger partial charge is 0.493 e. The van der Waals surface area contributed by atoms with Gasteiger partial charge in [0, 0.05) is 6.54 Å². The molecule has 0 unspecified atom stereocenters. The molecule has 2 heterocycles. The molecule has 0 atom stereocenters. The normalized spacial score (nSPS) is 10.6. The lowest BCUT2D eigenvalue weighted by atomic mass is 10.2. The minimum Gasteiger partial charge on any atom is -0.493 e. The number of aromatic nitrogens is 2. The van der Waals surface area contributed by atoms with Gasteiger partial charge in [-0.25, -0.2) is 0 Å². The highest BCUT2D eigenvalue weighted by molar-refractivity contribution is 7.99. The van der Waals surface area contributed by atoms with Crippen LogP contribution in [0.5, 0.6) is 11.5 Å². The number of nitrogens with zero attached hydrogens (tertiary/aromatic N) is 2. The fraction of sp³-hybridized carbons (Fsp3) is 0.278. The minimum absolute atomic E-state index is 0.144. The molecule has 0 radical (unpaired) electrons. The van der Waals surface area contributed by atoms with Gasteiger partial charge in [-0.2, -0.15) is 0 Å². The maximum absolute atomic E-state index is 12.1. The molecule has 0 aliphatic carbocycles. The number of carbonyl (C=O) groups is 1. The summed E-state index contributed by atoms with van der Waals surface area (Å²) in [7, 11) is 3.15. The van der Waals surface area contributed by atoms with E-state index in [1.54, 1.807) is 32.6 Å². The third-order valence-corrected chi connectivity index (χ3v) is 4.58. The van der Waals surface area contributed by atoms with Crippen LogP contribution >= 0.6 is 11.8 Å². The molecule has 1 amide bonds. The summed E-state index contributed by atoms with van der Waals surface area (Å²) < 4.78 is 21.2. The molecule has 0 saturated heterocycles. The van der Waals surface area contributed by atoms with Crippen molar-refractivity contribution in [1.82, 2.24) is 15.5 Å². The molecular formula is C18H19N3O5S. The molecule has 9 heteroatoms. The van der Waals surface area contributed by atoms with E-state index in [1.165, 1.54) is 11.8 Å². The first-order valence-electron chi connectivity index (χ1n) is 8.09. The number of ether oxygens (including phenoxy) is 2. The number of rotatable bonds is 8. The Morgan fingerprint density at radius 3 is 2.70 bits per heavy atom. The Labute approximate surface area is 160 Å². The SMILES string of the molecule is COc1ccc(CNC(=O)CSc2nnc(-c3ccoc3C)o2)cc1OC. The average Bonchev–Trinajstić information content (AvgIpc) is 3.32. The average molecular weight is 389 g/mol. The Bertz CT molecular complexity index is 921. The van der Waals surface area contributed by atoms with Gasteiger partial charge in [0.25, 0.3) is 11.1 Å². The number of aryl methyl sites for hydroxylation is 1. The Balaban J connectivity index is 1.50. The summed E-state index contributed by atoms with van der Waals surface area (Å²) in [5.41, 5.74) is 1.65. The van der Waals surface area contributed by atoms with Crippen LogP contribution in [0.3, 0.4) is 0 Å². The van der Waals surface area contributed by atoms with Crippen molar-refractivity contribution in [1.29, 1.82) is 0 Å². The lowest BCUT2D eigenvalue weighted by molar-refractivity contribution is -0.118. The first-order chi connectivity index (χ1) is 13.1. The van der Waals surface area contributed by atoms with E-state index < -0.39 is 0 Å². The third-order valence-electron chi connectivity index (χ3n) is 3.76. The summed E-state index contributed by atoms with van der Waals surface area (Å²) in [6, 6.07) is 7.25. The summed E-state index contributed by atoms with van der Waals surface area (Å²) in [5.74, 6) is 2.35. The van der Waals surface area contributed by atoms with E-state index in [9.17, 15) is 4.79 Å². The van der Waals surface area contributed by atoms with Gasteiger partial charge in [-0.15, -0.1) is 10.2 Å². The molecule has 0 fully saturated rings. The molecule has 0 aliphatic rings. The zero-order valence-electron chi connectivity index (χ0n) is 15.1. The van der Waals surface area contributed by atoms with Gasteiger partial charge >= 0.3 is 0 Å². The van der Waals surface area contributed by atoms with Crippen LogP contribution in [0.1, 0.15) is 11.3 Å². The van der Waals surface area contributed by atoms with E-state index >= 15 is 0 Å². The summed E-state index contributed by atoms with van der Waals surface area (Å²) in [6.07, 6.45) is 1.56. The molecular weight excluding hydrogens is 370 g/mol. The molecule has 2 aromatic heterocycles. The van der Waals surface area contributed by atoms with Crippen molar-refractivity contribution in [3.63, 3.8) is 0 Å². The number of hydrogen-bond donors (Lipinski definition) is 1. The highest BCUT2D eigenvalue weighted by Gasteiger charge is 2.14. The predicted octanol–water partition coefficient (Wildman–Crippen LogP) is 3.06. The van der Waals surface area contributed by atoms with Crippen LogP contribution in [0.4, 0.5) is 0 Å². The fourth-order valence-corrected chi connectivity index (χ4v) is 2.95. The summed E-state index contributed by atoms with van der Waals surface area (Å²) >= 11 is 1.17. The van der Waals surface area contributed by atoms with Crippen molar-refractivity contribution in [2.75, 3.05) is 20.0 Å². The topological polar surface area (TPSA) is 99.6 Å². The number of nitrogens with one attached hydrogen (secondary N) is 1. The fourth-order valence-electron chi connectivity index (χ4n) is 2.35. The Kier molecular flexibility index (Phi) is 6.02. The van der Waals surface area contributed by atoms with Crippen molar-refractivity contribution in [2.45, 2.75) is 18.7 Å². The van der Waals surface area contributed by atoms with E-state index in [2.05, 4.69) is 15.5 Å². The molecule has 0 saturated carbocycles. The molecule has 0 spiro atoms. The number of furan rings is 1. The maximum atomic E-state index is 12.1. The van der Waals surface area contributed by atoms with Gasteiger partial charge in [-0.05, 0) is 30.7 Å². The lowest BCUT2D eigenvalue weighted by Crippen LogP contribution is -2.24. The van der Waals surface area contributed by atoms with Crippen molar-refractivity contribution in [3.8, 4) is 23.0 Å². The van der Waals surface area contributed by atoms with E-state index in [0.717, 1.165) is 11.1 Å². The second kappa shape index (κ2) is 8.63. The van der Waals surface area contributed by atoms with Gasteiger partial charge in [-0.3, -0.25) is 4.79 Å². The summed E-state index contributed by atoms with van der Waals surface area (Å²) in [5, 5.41) is 11.1. The third kappa shape index (κ3) is 4.62. The van der Waals surface area contributed by atoms with Crippen LogP contribution in [-0.4, -0.2) is 36.1 Å². The highest BCUT2D eigenvalue weighted by atomic mass is 32.2. The van der Waals surface area contributed by atoms with Crippen molar-refractivity contribution < 1.29 is 23.1 Å². The van der Waals surface area contributed by atoms with Crippen LogP contribution in [0, 0.1) is 6.92 Å². The van der Waals surface area contributed by atoms with Crippen molar-refractivity contribution in [3.05, 3.63) is 41.9 Å². The van der Waals surface area contributed by atoms with Crippen LogP contribution in [0.25, 0.3) is 11.5 Å². The summed E-state index contributed by atoms with van der Waals surface area (Å²) in [4.78, 5) is 12.1. The molecule has 0 aliphatic heterocycles. The number of amides is 1. The summed E-state index contributed by atoms with van der Waals surface area (Å²) in [6.45, 7) is 2.19. The van der Waals surface area contributed by atoms with E-state index in [0.29, 0.717) is 34.9 Å². The second-order valence-electron chi connectivity index (χ2n) is 5.52. The van der Waals surface area contributed by atoms with Gasteiger partial charge in [-0.1, -0.05) is 17.8 Å². The zero-order chi connectivity index (χ0) is 19.2. The molecule has 8 nitrogen and oxygen atoms in total. The van der Waals surface area contributed by atoms with Crippen LogP contribution in [0.15, 0.2) is 44.6 Å². The molecule has 0 bridgehead atoms. The first-order valence-corrected chi connectivity index (χ1v) is 9.07. The van der Waals surface area contributed by atoms with Crippen LogP contribution < -0.4 is 14.8 Å². The Hall–Kier alpha value is -2.94. The van der Waals surface area contributed by atoms with Crippen LogP contribution in [-0.2, 0) is 11.3 Å².